The molecule has 0 aromatic carbocycles. The van der Waals surface area contributed by atoms with E-state index in [0.717, 1.165) is 19.4 Å². The summed E-state index contributed by atoms with van der Waals surface area (Å²) >= 11 is 0. The number of aromatic nitrogens is 5. The van der Waals surface area contributed by atoms with Crippen LogP contribution >= 0.6 is 0 Å². The van der Waals surface area contributed by atoms with Crippen LogP contribution in [0, 0.1) is 0 Å². The van der Waals surface area contributed by atoms with Crippen LogP contribution in [0.25, 0.3) is 5.95 Å². The predicted molar refractivity (Wildman–Crippen MR) is 71.0 cm³/mol. The van der Waals surface area contributed by atoms with Crippen molar-refractivity contribution in [1.29, 1.82) is 0 Å². The van der Waals surface area contributed by atoms with E-state index < -0.39 is 0 Å². The molecule has 8 nitrogen and oxygen atoms in total. The number of ether oxygens (including phenoxy) is 2. The molecule has 1 saturated heterocycles. The van der Waals surface area contributed by atoms with Gasteiger partial charge in [0.05, 0.1) is 6.10 Å². The molecule has 2 aromatic rings. The third-order valence-corrected chi connectivity index (χ3v) is 2.96. The van der Waals surface area contributed by atoms with Crippen LogP contribution in [0.5, 0.6) is 6.01 Å². The number of anilines is 1. The first-order valence-corrected chi connectivity index (χ1v) is 6.53. The van der Waals surface area contributed by atoms with Crippen LogP contribution in [0.3, 0.4) is 0 Å². The molecule has 2 aromatic heterocycles. The van der Waals surface area contributed by atoms with E-state index >= 15 is 0 Å². The van der Waals surface area contributed by atoms with E-state index in [9.17, 15) is 0 Å². The summed E-state index contributed by atoms with van der Waals surface area (Å²) in [5, 5.41) is 6.98. The van der Waals surface area contributed by atoms with E-state index in [1.54, 1.807) is 30.2 Å². The minimum absolute atomic E-state index is 0.123. The third kappa shape index (κ3) is 2.85. The van der Waals surface area contributed by atoms with Gasteiger partial charge in [0, 0.05) is 26.0 Å². The summed E-state index contributed by atoms with van der Waals surface area (Å²) in [6, 6.07) is 2.07. The van der Waals surface area contributed by atoms with E-state index in [-0.39, 0.29) is 12.1 Å². The molecule has 1 fully saturated rings. The van der Waals surface area contributed by atoms with Gasteiger partial charge in [0.25, 0.3) is 5.95 Å². The first-order chi connectivity index (χ1) is 9.85. The fourth-order valence-electron chi connectivity index (χ4n) is 1.96. The maximum absolute atomic E-state index is 5.60. The Kier molecular flexibility index (Phi) is 3.73. The van der Waals surface area contributed by atoms with Crippen molar-refractivity contribution in [3.05, 3.63) is 18.5 Å². The average molecular weight is 276 g/mol. The SMILES string of the molecule is CNc1nc(OCC2CCCO2)nc(-n2cccn2)n1. The molecule has 1 atom stereocenters. The third-order valence-electron chi connectivity index (χ3n) is 2.96. The van der Waals surface area contributed by atoms with Gasteiger partial charge in [0.2, 0.25) is 5.95 Å². The maximum Gasteiger partial charge on any atom is 0.323 e. The first-order valence-electron chi connectivity index (χ1n) is 6.53. The van der Waals surface area contributed by atoms with Crippen LogP contribution < -0.4 is 10.1 Å². The molecular weight excluding hydrogens is 260 g/mol. The highest BCUT2D eigenvalue weighted by molar-refractivity contribution is 5.28. The average Bonchev–Trinajstić information content (AvgIpc) is 3.17. The van der Waals surface area contributed by atoms with Crippen molar-refractivity contribution >= 4 is 5.95 Å². The highest BCUT2D eigenvalue weighted by atomic mass is 16.5. The Balaban J connectivity index is 1.77. The number of nitrogens with zero attached hydrogens (tertiary/aromatic N) is 5. The van der Waals surface area contributed by atoms with Gasteiger partial charge < -0.3 is 14.8 Å². The highest BCUT2D eigenvalue weighted by Crippen LogP contribution is 2.15. The zero-order chi connectivity index (χ0) is 13.8. The fourth-order valence-corrected chi connectivity index (χ4v) is 1.96. The molecule has 0 saturated carbocycles. The summed E-state index contributed by atoms with van der Waals surface area (Å²) in [5.74, 6) is 0.851. The van der Waals surface area contributed by atoms with Crippen molar-refractivity contribution in [2.45, 2.75) is 18.9 Å². The zero-order valence-corrected chi connectivity index (χ0v) is 11.2. The van der Waals surface area contributed by atoms with Crippen molar-refractivity contribution in [1.82, 2.24) is 24.7 Å². The van der Waals surface area contributed by atoms with Gasteiger partial charge in [-0.2, -0.15) is 20.1 Å². The Bertz CT molecular complexity index is 553. The Morgan fingerprint density at radius 1 is 1.45 bits per heavy atom. The Hall–Kier alpha value is -2.22. The summed E-state index contributed by atoms with van der Waals surface area (Å²) in [4.78, 5) is 12.6. The van der Waals surface area contributed by atoms with Crippen LogP contribution in [0.2, 0.25) is 0 Å². The van der Waals surface area contributed by atoms with Crippen molar-refractivity contribution in [3.63, 3.8) is 0 Å². The van der Waals surface area contributed by atoms with Gasteiger partial charge in [0.15, 0.2) is 0 Å². The molecule has 8 heteroatoms. The molecule has 3 heterocycles. The smallest absolute Gasteiger partial charge is 0.323 e. The van der Waals surface area contributed by atoms with E-state index in [1.165, 1.54) is 0 Å². The van der Waals surface area contributed by atoms with Crippen molar-refractivity contribution < 1.29 is 9.47 Å². The molecular formula is C12H16N6O2. The van der Waals surface area contributed by atoms with Crippen LogP contribution in [0.1, 0.15) is 12.8 Å². The van der Waals surface area contributed by atoms with Crippen LogP contribution in [0.4, 0.5) is 5.95 Å². The van der Waals surface area contributed by atoms with Gasteiger partial charge in [-0.1, -0.05) is 0 Å². The monoisotopic (exact) mass is 276 g/mol. The minimum Gasteiger partial charge on any atom is -0.461 e. The lowest BCUT2D eigenvalue weighted by molar-refractivity contribution is 0.0645. The summed E-state index contributed by atoms with van der Waals surface area (Å²) in [6.07, 6.45) is 5.63. The normalized spacial score (nSPS) is 18.1. The minimum atomic E-state index is 0.123. The number of rotatable bonds is 5. The lowest BCUT2D eigenvalue weighted by Gasteiger charge is -2.11. The Labute approximate surface area is 116 Å². The topological polar surface area (TPSA) is 87.0 Å². The van der Waals surface area contributed by atoms with Gasteiger partial charge in [-0.25, -0.2) is 4.68 Å². The van der Waals surface area contributed by atoms with Crippen molar-refractivity contribution in [2.75, 3.05) is 25.6 Å². The van der Waals surface area contributed by atoms with Crippen molar-refractivity contribution in [3.8, 4) is 12.0 Å². The molecule has 0 aliphatic carbocycles. The second-order valence-electron chi connectivity index (χ2n) is 4.39. The Morgan fingerprint density at radius 3 is 3.10 bits per heavy atom. The molecule has 0 spiro atoms. The number of nitrogens with one attached hydrogen (secondary N) is 1. The van der Waals surface area contributed by atoms with Gasteiger partial charge in [-0.15, -0.1) is 0 Å². The Morgan fingerprint density at radius 2 is 2.40 bits per heavy atom. The molecule has 1 aliphatic rings. The lowest BCUT2D eigenvalue weighted by Crippen LogP contribution is -2.18. The largest absolute Gasteiger partial charge is 0.461 e. The van der Waals surface area contributed by atoms with Crippen molar-refractivity contribution in [2.24, 2.45) is 0 Å². The molecule has 1 aliphatic heterocycles. The molecule has 3 rings (SSSR count). The molecule has 106 valence electrons. The fraction of sp³-hybridized carbons (Fsp3) is 0.500. The standard InChI is InChI=1S/C12H16N6O2/c1-13-10-15-11(18-6-3-5-14-18)17-12(16-10)20-8-9-4-2-7-19-9/h3,5-6,9H,2,4,7-8H2,1H3,(H,13,15,16,17). The second-order valence-corrected chi connectivity index (χ2v) is 4.39. The van der Waals surface area contributed by atoms with Gasteiger partial charge in [-0.05, 0) is 18.9 Å². The lowest BCUT2D eigenvalue weighted by atomic mass is 10.2. The molecule has 20 heavy (non-hydrogen) atoms. The molecule has 0 radical (unpaired) electrons. The van der Waals surface area contributed by atoms with Crippen LogP contribution in [-0.4, -0.2) is 51.1 Å². The molecule has 0 amide bonds. The number of hydrogen-bond acceptors (Lipinski definition) is 7. The van der Waals surface area contributed by atoms with E-state index in [2.05, 4.69) is 25.4 Å². The zero-order valence-electron chi connectivity index (χ0n) is 11.2. The first kappa shape index (κ1) is 12.8. The highest BCUT2D eigenvalue weighted by Gasteiger charge is 2.17. The molecule has 0 bridgehead atoms. The second kappa shape index (κ2) is 5.83. The van der Waals surface area contributed by atoms with E-state index in [1.807, 2.05) is 0 Å². The molecule has 1 unspecified atom stereocenters. The van der Waals surface area contributed by atoms with Crippen LogP contribution in [0.15, 0.2) is 18.5 Å². The predicted octanol–water partition coefficient (Wildman–Crippen LogP) is 0.657. The summed E-state index contributed by atoms with van der Waals surface area (Å²) in [7, 11) is 1.74. The summed E-state index contributed by atoms with van der Waals surface area (Å²) < 4.78 is 12.7. The van der Waals surface area contributed by atoms with Gasteiger partial charge in [0.1, 0.15) is 6.61 Å². The van der Waals surface area contributed by atoms with Gasteiger partial charge in [-0.3, -0.25) is 0 Å². The van der Waals surface area contributed by atoms with E-state index in [4.69, 9.17) is 9.47 Å². The van der Waals surface area contributed by atoms with Crippen LogP contribution in [-0.2, 0) is 4.74 Å². The maximum atomic E-state index is 5.60. The quantitative estimate of drug-likeness (QED) is 0.858. The van der Waals surface area contributed by atoms with Gasteiger partial charge >= 0.3 is 6.01 Å². The molecule has 1 N–H and O–H groups in total. The summed E-state index contributed by atoms with van der Waals surface area (Å²) in [5.41, 5.74) is 0. The number of hydrogen-bond donors (Lipinski definition) is 1. The van der Waals surface area contributed by atoms with E-state index in [0.29, 0.717) is 18.5 Å². The summed E-state index contributed by atoms with van der Waals surface area (Å²) in [6.45, 7) is 1.25.